The normalized spacial score (nSPS) is 26.0. The predicted molar refractivity (Wildman–Crippen MR) is 74.2 cm³/mol. The lowest BCUT2D eigenvalue weighted by atomic mass is 9.91. The molecule has 1 aromatic carbocycles. The molecule has 0 radical (unpaired) electrons. The molecule has 0 spiro atoms. The van der Waals surface area contributed by atoms with Crippen LogP contribution in [0.3, 0.4) is 0 Å². The molecule has 1 aliphatic rings. The van der Waals surface area contributed by atoms with E-state index < -0.39 is 0 Å². The fourth-order valence-corrected chi connectivity index (χ4v) is 3.08. The van der Waals surface area contributed by atoms with Crippen LogP contribution in [0.15, 0.2) is 18.2 Å². The molecule has 1 aromatic rings. The molecule has 100 valence electrons. The predicted octanol–water partition coefficient (Wildman–Crippen LogP) is 3.64. The summed E-state index contributed by atoms with van der Waals surface area (Å²) in [5.41, 5.74) is 1.37. The lowest BCUT2D eigenvalue weighted by molar-refractivity contribution is 0.366. The van der Waals surface area contributed by atoms with Crippen LogP contribution in [-0.2, 0) is 0 Å². The summed E-state index contributed by atoms with van der Waals surface area (Å²) < 4.78 is 5.05. The second-order valence-corrected chi connectivity index (χ2v) is 6.19. The summed E-state index contributed by atoms with van der Waals surface area (Å²) in [5, 5.41) is 13.3. The number of phenolic OH excluding ortho intramolecular Hbond substituents is 1. The molecule has 1 aliphatic carbocycles. The number of phenols is 1. The Hall–Kier alpha value is -1.38. The van der Waals surface area contributed by atoms with E-state index in [-0.39, 0.29) is 5.75 Å². The molecule has 0 amide bonds. The first-order valence-electron chi connectivity index (χ1n) is 6.55. The van der Waals surface area contributed by atoms with Gasteiger partial charge >= 0.3 is 0 Å². The van der Waals surface area contributed by atoms with E-state index in [4.69, 9.17) is 4.74 Å². The van der Waals surface area contributed by atoms with Crippen molar-refractivity contribution in [2.45, 2.75) is 39.7 Å². The maximum absolute atomic E-state index is 9.77. The van der Waals surface area contributed by atoms with Gasteiger partial charge < -0.3 is 15.2 Å². The molecule has 0 bridgehead atoms. The Kier molecular flexibility index (Phi) is 3.42. The molecule has 3 nitrogen and oxygen atoms in total. The third-order valence-electron chi connectivity index (χ3n) is 3.86. The van der Waals surface area contributed by atoms with Crippen LogP contribution >= 0.6 is 0 Å². The van der Waals surface area contributed by atoms with E-state index >= 15 is 0 Å². The van der Waals surface area contributed by atoms with Crippen LogP contribution in [0.4, 0.5) is 5.69 Å². The molecule has 2 N–H and O–H groups in total. The highest BCUT2D eigenvalue weighted by Crippen LogP contribution is 2.42. The van der Waals surface area contributed by atoms with Gasteiger partial charge in [0.25, 0.3) is 0 Å². The molecule has 0 aromatic heterocycles. The molecule has 2 rings (SSSR count). The van der Waals surface area contributed by atoms with Crippen LogP contribution in [-0.4, -0.2) is 18.3 Å². The Morgan fingerprint density at radius 1 is 1.33 bits per heavy atom. The van der Waals surface area contributed by atoms with E-state index in [1.165, 1.54) is 12.8 Å². The van der Waals surface area contributed by atoms with Crippen LogP contribution in [0.25, 0.3) is 0 Å². The number of nitrogens with one attached hydrogen (secondary N) is 1. The number of anilines is 1. The minimum atomic E-state index is 0.187. The molecule has 0 aliphatic heterocycles. The van der Waals surface area contributed by atoms with Gasteiger partial charge in [0.1, 0.15) is 0 Å². The summed E-state index contributed by atoms with van der Waals surface area (Å²) in [4.78, 5) is 0. The van der Waals surface area contributed by atoms with E-state index in [0.29, 0.717) is 23.1 Å². The van der Waals surface area contributed by atoms with Gasteiger partial charge in [-0.2, -0.15) is 0 Å². The number of benzene rings is 1. The van der Waals surface area contributed by atoms with Gasteiger partial charge in [0, 0.05) is 17.8 Å². The minimum Gasteiger partial charge on any atom is -0.504 e. The first-order valence-corrected chi connectivity index (χ1v) is 6.55. The van der Waals surface area contributed by atoms with Crippen molar-refractivity contribution in [2.24, 2.45) is 11.3 Å². The Morgan fingerprint density at radius 3 is 2.56 bits per heavy atom. The number of rotatable bonds is 3. The summed E-state index contributed by atoms with van der Waals surface area (Å²) in [5.74, 6) is 1.36. The van der Waals surface area contributed by atoms with Crippen molar-refractivity contribution in [1.29, 1.82) is 0 Å². The number of methoxy groups -OCH3 is 1. The van der Waals surface area contributed by atoms with Gasteiger partial charge in [0.05, 0.1) is 7.11 Å². The lowest BCUT2D eigenvalue weighted by Crippen LogP contribution is -2.22. The summed E-state index contributed by atoms with van der Waals surface area (Å²) >= 11 is 0. The van der Waals surface area contributed by atoms with Crippen LogP contribution < -0.4 is 10.1 Å². The second kappa shape index (κ2) is 4.71. The summed E-state index contributed by atoms with van der Waals surface area (Å²) in [6, 6.07) is 5.96. The van der Waals surface area contributed by atoms with Crippen molar-refractivity contribution < 1.29 is 9.84 Å². The summed E-state index contributed by atoms with van der Waals surface area (Å²) in [6.45, 7) is 6.92. The number of ether oxygens (including phenoxy) is 1. The molecular formula is C15H23NO2. The van der Waals surface area contributed by atoms with Crippen LogP contribution in [0.2, 0.25) is 0 Å². The molecule has 1 saturated carbocycles. The highest BCUT2D eigenvalue weighted by atomic mass is 16.5. The van der Waals surface area contributed by atoms with E-state index in [2.05, 4.69) is 26.1 Å². The fourth-order valence-electron chi connectivity index (χ4n) is 3.08. The molecule has 3 heteroatoms. The Labute approximate surface area is 109 Å². The second-order valence-electron chi connectivity index (χ2n) is 6.19. The molecular weight excluding hydrogens is 226 g/mol. The van der Waals surface area contributed by atoms with Crippen molar-refractivity contribution in [3.8, 4) is 11.5 Å². The Bertz CT molecular complexity index is 429. The zero-order valence-corrected chi connectivity index (χ0v) is 11.7. The topological polar surface area (TPSA) is 41.5 Å². The average molecular weight is 249 g/mol. The molecule has 2 unspecified atom stereocenters. The standard InChI is InChI=1S/C15H23NO2/c1-10-8-15(2,3)9-12(10)16-11-5-6-14(18-4)13(17)7-11/h5-7,10,12,16-17H,8-9H2,1-4H3. The minimum absolute atomic E-state index is 0.187. The quantitative estimate of drug-likeness (QED) is 0.859. The van der Waals surface area contributed by atoms with Gasteiger partial charge in [0.15, 0.2) is 11.5 Å². The summed E-state index contributed by atoms with van der Waals surface area (Å²) in [6.07, 6.45) is 2.41. The first kappa shape index (κ1) is 13.1. The number of hydrogen-bond acceptors (Lipinski definition) is 3. The maximum Gasteiger partial charge on any atom is 0.160 e. The van der Waals surface area contributed by atoms with Gasteiger partial charge in [0.2, 0.25) is 0 Å². The van der Waals surface area contributed by atoms with Gasteiger partial charge in [-0.05, 0) is 36.3 Å². The van der Waals surface area contributed by atoms with Crippen molar-refractivity contribution in [1.82, 2.24) is 0 Å². The zero-order chi connectivity index (χ0) is 13.3. The van der Waals surface area contributed by atoms with Gasteiger partial charge in [-0.15, -0.1) is 0 Å². The van der Waals surface area contributed by atoms with Crippen molar-refractivity contribution in [2.75, 3.05) is 12.4 Å². The van der Waals surface area contributed by atoms with Gasteiger partial charge in [-0.1, -0.05) is 20.8 Å². The van der Waals surface area contributed by atoms with Crippen molar-refractivity contribution in [3.63, 3.8) is 0 Å². The van der Waals surface area contributed by atoms with E-state index in [0.717, 1.165) is 5.69 Å². The van der Waals surface area contributed by atoms with Gasteiger partial charge in [-0.25, -0.2) is 0 Å². The summed E-state index contributed by atoms with van der Waals surface area (Å²) in [7, 11) is 1.56. The molecule has 1 fully saturated rings. The van der Waals surface area contributed by atoms with Crippen molar-refractivity contribution >= 4 is 5.69 Å². The Balaban J connectivity index is 2.08. The lowest BCUT2D eigenvalue weighted by Gasteiger charge is -2.20. The number of aromatic hydroxyl groups is 1. The maximum atomic E-state index is 9.77. The van der Waals surface area contributed by atoms with E-state index in [1.54, 1.807) is 19.2 Å². The SMILES string of the molecule is COc1ccc(NC2CC(C)(C)CC2C)cc1O. The monoisotopic (exact) mass is 249 g/mol. The molecule has 0 heterocycles. The zero-order valence-electron chi connectivity index (χ0n) is 11.7. The smallest absolute Gasteiger partial charge is 0.160 e. The third-order valence-corrected chi connectivity index (χ3v) is 3.86. The van der Waals surface area contributed by atoms with Crippen LogP contribution in [0, 0.1) is 11.3 Å². The molecule has 2 atom stereocenters. The third kappa shape index (κ3) is 2.71. The average Bonchev–Trinajstić information content (AvgIpc) is 2.52. The van der Waals surface area contributed by atoms with E-state index in [1.807, 2.05) is 6.07 Å². The van der Waals surface area contributed by atoms with Crippen LogP contribution in [0.1, 0.15) is 33.6 Å². The number of hydrogen-bond donors (Lipinski definition) is 2. The first-order chi connectivity index (χ1) is 8.41. The molecule has 18 heavy (non-hydrogen) atoms. The fraction of sp³-hybridized carbons (Fsp3) is 0.600. The largest absolute Gasteiger partial charge is 0.504 e. The highest BCUT2D eigenvalue weighted by molar-refractivity contribution is 5.54. The Morgan fingerprint density at radius 2 is 2.06 bits per heavy atom. The van der Waals surface area contributed by atoms with Crippen LogP contribution in [0.5, 0.6) is 11.5 Å². The highest BCUT2D eigenvalue weighted by Gasteiger charge is 2.36. The van der Waals surface area contributed by atoms with Crippen molar-refractivity contribution in [3.05, 3.63) is 18.2 Å². The van der Waals surface area contributed by atoms with Gasteiger partial charge in [-0.3, -0.25) is 0 Å². The molecule has 0 saturated heterocycles. The van der Waals surface area contributed by atoms with E-state index in [9.17, 15) is 5.11 Å².